The van der Waals surface area contributed by atoms with Gasteiger partial charge >= 0.3 is 6.18 Å². The van der Waals surface area contributed by atoms with Gasteiger partial charge in [-0.05, 0) is 30.7 Å². The lowest BCUT2D eigenvalue weighted by atomic mass is 10.1. The monoisotopic (exact) mass is 374 g/mol. The minimum absolute atomic E-state index is 0.148. The number of alkyl halides is 3. The Kier molecular flexibility index (Phi) is 10.9. The highest BCUT2D eigenvalue weighted by Crippen LogP contribution is 2.29. The molecule has 1 nitrogen and oxygen atoms in total. The quantitative estimate of drug-likeness (QED) is 0.352. The molecule has 0 aromatic heterocycles. The lowest BCUT2D eigenvalue weighted by Gasteiger charge is -2.07. The minimum atomic E-state index is -4.36. The molecule has 0 spiro atoms. The first-order valence-electron chi connectivity index (χ1n) is 9.29. The lowest BCUT2D eigenvalue weighted by molar-refractivity contribution is -0.137. The van der Waals surface area contributed by atoms with Crippen molar-refractivity contribution in [2.75, 3.05) is 5.75 Å². The third-order valence-electron chi connectivity index (χ3n) is 4.18. The Balaban J connectivity index is 2.07. The standard InChI is InChI=1S/C20H29F3OS/c1-2-3-4-5-6-7-8-9-10-11-16-25-19(24)17-12-14-18(15-13-17)20(21,22)23/h12-15H,2-11,16H2,1H3. The summed E-state index contributed by atoms with van der Waals surface area (Å²) in [6, 6.07) is 4.45. The summed E-state index contributed by atoms with van der Waals surface area (Å²) in [4.78, 5) is 11.9. The highest BCUT2D eigenvalue weighted by Gasteiger charge is 2.30. The number of carbonyl (C=O) groups excluding carboxylic acids is 1. The molecule has 5 heteroatoms. The molecule has 1 rings (SSSR count). The highest BCUT2D eigenvalue weighted by molar-refractivity contribution is 8.14. The van der Waals surface area contributed by atoms with E-state index < -0.39 is 11.7 Å². The summed E-state index contributed by atoms with van der Waals surface area (Å²) in [7, 11) is 0. The number of halogens is 3. The topological polar surface area (TPSA) is 17.1 Å². The van der Waals surface area contributed by atoms with Crippen molar-refractivity contribution >= 4 is 16.9 Å². The van der Waals surface area contributed by atoms with Crippen LogP contribution in [0.1, 0.15) is 87.1 Å². The maximum Gasteiger partial charge on any atom is 0.416 e. The van der Waals surface area contributed by atoms with Crippen LogP contribution in [0.4, 0.5) is 13.2 Å². The molecule has 1 aromatic carbocycles. The molecule has 0 bridgehead atoms. The van der Waals surface area contributed by atoms with Gasteiger partial charge in [0.25, 0.3) is 0 Å². The van der Waals surface area contributed by atoms with Crippen LogP contribution in [0.15, 0.2) is 24.3 Å². The van der Waals surface area contributed by atoms with Crippen LogP contribution in [0.5, 0.6) is 0 Å². The average Bonchev–Trinajstić information content (AvgIpc) is 2.59. The maximum atomic E-state index is 12.5. The first-order chi connectivity index (χ1) is 11.9. The molecule has 0 saturated heterocycles. The number of hydrogen-bond donors (Lipinski definition) is 0. The van der Waals surface area contributed by atoms with Crippen molar-refractivity contribution in [1.82, 2.24) is 0 Å². The van der Waals surface area contributed by atoms with Crippen molar-refractivity contribution in [3.05, 3.63) is 35.4 Å². The molecule has 0 fully saturated rings. The van der Waals surface area contributed by atoms with Crippen molar-refractivity contribution in [2.45, 2.75) is 77.3 Å². The maximum absolute atomic E-state index is 12.5. The fourth-order valence-corrected chi connectivity index (χ4v) is 3.47. The smallest absolute Gasteiger partial charge is 0.282 e. The third kappa shape index (κ3) is 9.93. The van der Waals surface area contributed by atoms with Gasteiger partial charge in [0, 0.05) is 11.3 Å². The van der Waals surface area contributed by atoms with E-state index in [2.05, 4.69) is 6.92 Å². The molecule has 25 heavy (non-hydrogen) atoms. The number of rotatable bonds is 12. The molecule has 0 aliphatic heterocycles. The van der Waals surface area contributed by atoms with Gasteiger partial charge in [-0.25, -0.2) is 0 Å². The fourth-order valence-electron chi connectivity index (χ4n) is 2.63. The fraction of sp³-hybridized carbons (Fsp3) is 0.650. The van der Waals surface area contributed by atoms with E-state index in [1.165, 1.54) is 75.3 Å². The second-order valence-electron chi connectivity index (χ2n) is 6.39. The van der Waals surface area contributed by atoms with Crippen molar-refractivity contribution in [2.24, 2.45) is 0 Å². The van der Waals surface area contributed by atoms with Gasteiger partial charge in [-0.2, -0.15) is 13.2 Å². The van der Waals surface area contributed by atoms with Crippen molar-refractivity contribution in [1.29, 1.82) is 0 Å². The summed E-state index contributed by atoms with van der Waals surface area (Å²) >= 11 is 1.20. The molecule has 0 radical (unpaired) electrons. The van der Waals surface area contributed by atoms with Crippen LogP contribution in [0.2, 0.25) is 0 Å². The Labute approximate surface area is 153 Å². The van der Waals surface area contributed by atoms with Crippen LogP contribution < -0.4 is 0 Å². The second kappa shape index (κ2) is 12.4. The van der Waals surface area contributed by atoms with E-state index in [9.17, 15) is 18.0 Å². The average molecular weight is 375 g/mol. The summed E-state index contributed by atoms with van der Waals surface area (Å²) in [5.74, 6) is 0.732. The van der Waals surface area contributed by atoms with E-state index in [-0.39, 0.29) is 5.12 Å². The molecule has 0 aliphatic rings. The van der Waals surface area contributed by atoms with Gasteiger partial charge < -0.3 is 0 Å². The molecule has 142 valence electrons. The molecule has 0 aliphatic carbocycles. The lowest BCUT2D eigenvalue weighted by Crippen LogP contribution is -2.05. The second-order valence-corrected chi connectivity index (χ2v) is 7.46. The van der Waals surface area contributed by atoms with Crippen LogP contribution in [0, 0.1) is 0 Å². The number of unbranched alkanes of at least 4 members (excludes halogenated alkanes) is 9. The largest absolute Gasteiger partial charge is 0.416 e. The van der Waals surface area contributed by atoms with Crippen molar-refractivity contribution in [3.63, 3.8) is 0 Å². The van der Waals surface area contributed by atoms with Crippen LogP contribution in [-0.4, -0.2) is 10.9 Å². The molecule has 1 aromatic rings. The number of thioether (sulfide) groups is 1. The Morgan fingerprint density at radius 3 is 1.80 bits per heavy atom. The van der Waals surface area contributed by atoms with E-state index in [4.69, 9.17) is 0 Å². The SMILES string of the molecule is CCCCCCCCCCCCSC(=O)c1ccc(C(F)(F)F)cc1. The molecule has 0 amide bonds. The van der Waals surface area contributed by atoms with Gasteiger partial charge in [-0.3, -0.25) is 4.79 Å². The summed E-state index contributed by atoms with van der Waals surface area (Å²) in [6.07, 6.45) is 8.10. The number of benzene rings is 1. The minimum Gasteiger partial charge on any atom is -0.282 e. The van der Waals surface area contributed by atoms with E-state index in [0.29, 0.717) is 5.56 Å². The van der Waals surface area contributed by atoms with E-state index in [0.717, 1.165) is 30.7 Å². The van der Waals surface area contributed by atoms with E-state index in [1.807, 2.05) is 0 Å². The molecule has 0 unspecified atom stereocenters. The Morgan fingerprint density at radius 1 is 0.840 bits per heavy atom. The summed E-state index contributed by atoms with van der Waals surface area (Å²) in [6.45, 7) is 2.22. The van der Waals surface area contributed by atoms with Gasteiger partial charge in [0.05, 0.1) is 5.56 Å². The van der Waals surface area contributed by atoms with Crippen LogP contribution in [0.25, 0.3) is 0 Å². The summed E-state index contributed by atoms with van der Waals surface area (Å²) < 4.78 is 37.5. The first-order valence-corrected chi connectivity index (χ1v) is 10.3. The zero-order valence-corrected chi connectivity index (χ0v) is 15.9. The van der Waals surface area contributed by atoms with E-state index >= 15 is 0 Å². The van der Waals surface area contributed by atoms with Crippen LogP contribution in [-0.2, 0) is 6.18 Å². The van der Waals surface area contributed by atoms with Gasteiger partial charge in [-0.15, -0.1) is 0 Å². The molecule has 0 saturated carbocycles. The van der Waals surface area contributed by atoms with Gasteiger partial charge in [0.2, 0.25) is 5.12 Å². The Morgan fingerprint density at radius 2 is 1.32 bits per heavy atom. The van der Waals surface area contributed by atoms with E-state index in [1.54, 1.807) is 0 Å². The molecular weight excluding hydrogens is 345 g/mol. The molecule has 0 heterocycles. The van der Waals surface area contributed by atoms with Crippen molar-refractivity contribution < 1.29 is 18.0 Å². The zero-order valence-electron chi connectivity index (χ0n) is 15.0. The van der Waals surface area contributed by atoms with Gasteiger partial charge in [0.1, 0.15) is 0 Å². The third-order valence-corrected chi connectivity index (χ3v) is 5.17. The molecule has 0 atom stereocenters. The van der Waals surface area contributed by atoms with Crippen LogP contribution >= 0.6 is 11.8 Å². The normalized spacial score (nSPS) is 11.7. The predicted octanol–water partition coefficient (Wildman–Crippen LogP) is 7.50. The Hall–Kier alpha value is -0.970. The summed E-state index contributed by atoms with van der Waals surface area (Å²) in [5, 5.41) is -0.148. The number of hydrogen-bond acceptors (Lipinski definition) is 2. The molecule has 0 N–H and O–H groups in total. The van der Waals surface area contributed by atoms with Gasteiger partial charge in [-0.1, -0.05) is 76.5 Å². The predicted molar refractivity (Wildman–Crippen MR) is 100 cm³/mol. The zero-order chi connectivity index (χ0) is 18.5. The Bertz CT molecular complexity index is 483. The van der Waals surface area contributed by atoms with Crippen LogP contribution in [0.3, 0.4) is 0 Å². The van der Waals surface area contributed by atoms with Gasteiger partial charge in [0.15, 0.2) is 0 Å². The number of carbonyl (C=O) groups is 1. The van der Waals surface area contributed by atoms with Crippen molar-refractivity contribution in [3.8, 4) is 0 Å². The molecular formula is C20H29F3OS. The highest BCUT2D eigenvalue weighted by atomic mass is 32.2. The summed E-state index contributed by atoms with van der Waals surface area (Å²) in [5.41, 5.74) is -0.381. The first kappa shape index (κ1) is 22.1.